The Morgan fingerprint density at radius 1 is 1.11 bits per heavy atom. The van der Waals surface area contributed by atoms with Gasteiger partial charge in [0.25, 0.3) is 0 Å². The lowest BCUT2D eigenvalue weighted by Crippen LogP contribution is -1.94. The van der Waals surface area contributed by atoms with E-state index in [2.05, 4.69) is 0 Å². The summed E-state index contributed by atoms with van der Waals surface area (Å²) in [6.07, 6.45) is 1.39. The first-order valence-electron chi connectivity index (χ1n) is 5.77. The summed E-state index contributed by atoms with van der Waals surface area (Å²) in [5.41, 5.74) is 1.37. The number of nitrogens with one attached hydrogen (secondary N) is 1. The molecule has 0 aliphatic heterocycles. The molecule has 1 atom stereocenters. The fourth-order valence-corrected chi connectivity index (χ4v) is 2.63. The minimum absolute atomic E-state index is 0.328. The molecule has 2 rings (SSSR count). The van der Waals surface area contributed by atoms with Crippen molar-refractivity contribution in [2.24, 2.45) is 0 Å². The summed E-state index contributed by atoms with van der Waals surface area (Å²) in [6.45, 7) is 1.92. The highest BCUT2D eigenvalue weighted by Crippen LogP contribution is 2.16. The van der Waals surface area contributed by atoms with Crippen LogP contribution in [0.4, 0.5) is 4.39 Å². The van der Waals surface area contributed by atoms with Crippen molar-refractivity contribution in [1.29, 1.82) is 4.78 Å². The molecular weight excluding hydrogens is 261 g/mol. The maximum Gasteiger partial charge on any atom is 0.130 e. The van der Waals surface area contributed by atoms with Gasteiger partial charge in [0.15, 0.2) is 0 Å². The van der Waals surface area contributed by atoms with Crippen molar-refractivity contribution in [2.45, 2.75) is 11.8 Å². The van der Waals surface area contributed by atoms with E-state index >= 15 is 0 Å². The van der Waals surface area contributed by atoms with Gasteiger partial charge in [-0.15, -0.1) is 0 Å². The lowest BCUT2D eigenvalue weighted by molar-refractivity contribution is 0.625. The first-order chi connectivity index (χ1) is 8.99. The predicted octanol–water partition coefficient (Wildman–Crippen LogP) is 4.21. The van der Waals surface area contributed by atoms with Crippen molar-refractivity contribution >= 4 is 15.8 Å². The Kier molecular flexibility index (Phi) is 3.81. The van der Waals surface area contributed by atoms with Crippen LogP contribution in [0, 0.1) is 17.5 Å². The van der Waals surface area contributed by atoms with Crippen molar-refractivity contribution in [3.05, 3.63) is 70.9 Å². The molecule has 0 aromatic heterocycles. The molecule has 0 fully saturated rings. The van der Waals surface area contributed by atoms with E-state index in [9.17, 15) is 8.60 Å². The molecule has 0 aliphatic rings. The van der Waals surface area contributed by atoms with Gasteiger partial charge in [-0.3, -0.25) is 0 Å². The van der Waals surface area contributed by atoms with Gasteiger partial charge in [0.05, 0.1) is 14.6 Å². The maximum absolute atomic E-state index is 13.4. The van der Waals surface area contributed by atoms with E-state index in [-0.39, 0.29) is 0 Å². The zero-order valence-corrected chi connectivity index (χ0v) is 11.3. The number of rotatable bonds is 3. The smallest absolute Gasteiger partial charge is 0.130 e. The van der Waals surface area contributed by atoms with E-state index < -0.39 is 15.5 Å². The van der Waals surface area contributed by atoms with Crippen LogP contribution in [0.3, 0.4) is 0 Å². The third-order valence-corrected chi connectivity index (χ3v) is 4.21. The fraction of sp³-hybridized carbons (Fsp3) is 0.0667. The topological polar surface area (TPSA) is 40.9 Å². The molecule has 2 aromatic rings. The average Bonchev–Trinajstić information content (AvgIpc) is 2.38. The Labute approximate surface area is 112 Å². The van der Waals surface area contributed by atoms with Gasteiger partial charge in [0.2, 0.25) is 0 Å². The molecular formula is C15H14FNOS. The normalized spacial score (nSPS) is 14.4. The van der Waals surface area contributed by atoms with Gasteiger partial charge in [-0.25, -0.2) is 13.4 Å². The number of hydrogen-bond acceptors (Lipinski definition) is 2. The van der Waals surface area contributed by atoms with Crippen LogP contribution >= 0.6 is 0 Å². The van der Waals surface area contributed by atoms with Crippen LogP contribution in [0.1, 0.15) is 11.1 Å². The lowest BCUT2D eigenvalue weighted by Gasteiger charge is -2.03. The molecule has 4 heteroatoms. The predicted molar refractivity (Wildman–Crippen MR) is 75.7 cm³/mol. The molecule has 0 aliphatic carbocycles. The molecule has 2 nitrogen and oxygen atoms in total. The second-order valence-electron chi connectivity index (χ2n) is 4.24. The molecule has 98 valence electrons. The van der Waals surface area contributed by atoms with Crippen LogP contribution in [0.2, 0.25) is 0 Å². The van der Waals surface area contributed by atoms with E-state index in [0.717, 1.165) is 5.56 Å². The van der Waals surface area contributed by atoms with Crippen LogP contribution < -0.4 is 0 Å². The van der Waals surface area contributed by atoms with Crippen LogP contribution in [0.15, 0.2) is 58.8 Å². The maximum atomic E-state index is 13.4. The van der Waals surface area contributed by atoms with E-state index in [1.54, 1.807) is 42.5 Å². The molecule has 0 amide bonds. The molecule has 0 saturated carbocycles. The van der Waals surface area contributed by atoms with Crippen LogP contribution in [0.5, 0.6) is 0 Å². The zero-order valence-electron chi connectivity index (χ0n) is 10.5. The van der Waals surface area contributed by atoms with Crippen molar-refractivity contribution in [2.75, 3.05) is 0 Å². The van der Waals surface area contributed by atoms with E-state index in [1.807, 2.05) is 6.92 Å². The molecule has 0 heterocycles. The van der Waals surface area contributed by atoms with Gasteiger partial charge >= 0.3 is 0 Å². The van der Waals surface area contributed by atoms with Gasteiger partial charge in [-0.05, 0) is 31.2 Å². The standard InChI is InChI=1S/C15H14FNOS/c1-12-6-8-14(9-7-12)19(17,18)11-10-13-4-2-3-5-15(13)16/h2-11,17H,1H3/b11-10+. The summed E-state index contributed by atoms with van der Waals surface area (Å²) in [6, 6.07) is 13.1. The van der Waals surface area contributed by atoms with Crippen LogP contribution in [0.25, 0.3) is 6.08 Å². The summed E-state index contributed by atoms with van der Waals surface area (Å²) in [5, 5.41) is 1.25. The Balaban J connectivity index is 2.32. The Hall–Kier alpha value is -1.94. The first-order valence-corrected chi connectivity index (χ1v) is 7.39. The van der Waals surface area contributed by atoms with Crippen molar-refractivity contribution < 1.29 is 8.60 Å². The van der Waals surface area contributed by atoms with E-state index in [1.165, 1.54) is 17.6 Å². The van der Waals surface area contributed by atoms with Gasteiger partial charge in [0.1, 0.15) is 5.82 Å². The third kappa shape index (κ3) is 3.29. The number of benzene rings is 2. The number of halogens is 1. The van der Waals surface area contributed by atoms with Gasteiger partial charge < -0.3 is 0 Å². The minimum atomic E-state index is -3.04. The third-order valence-electron chi connectivity index (χ3n) is 2.72. The zero-order chi connectivity index (χ0) is 13.9. The van der Waals surface area contributed by atoms with Crippen molar-refractivity contribution in [1.82, 2.24) is 0 Å². The molecule has 1 unspecified atom stereocenters. The summed E-state index contributed by atoms with van der Waals surface area (Å²) in [5.74, 6) is -0.391. The van der Waals surface area contributed by atoms with Crippen molar-refractivity contribution in [3.63, 3.8) is 0 Å². The number of hydrogen-bond donors (Lipinski definition) is 1. The highest BCUT2D eigenvalue weighted by atomic mass is 32.2. The van der Waals surface area contributed by atoms with E-state index in [0.29, 0.717) is 10.5 Å². The minimum Gasteiger partial charge on any atom is -0.245 e. The summed E-state index contributed by atoms with van der Waals surface area (Å²) in [7, 11) is -3.04. The first kappa shape index (κ1) is 13.5. The SMILES string of the molecule is Cc1ccc(S(=N)(=O)/C=C/c2ccccc2F)cc1. The molecule has 2 aromatic carbocycles. The molecule has 0 spiro atoms. The summed E-state index contributed by atoms with van der Waals surface area (Å²) < 4.78 is 33.5. The number of aryl methyl sites for hydroxylation is 1. The Morgan fingerprint density at radius 3 is 2.37 bits per heavy atom. The Morgan fingerprint density at radius 2 is 1.74 bits per heavy atom. The van der Waals surface area contributed by atoms with Crippen LogP contribution in [-0.2, 0) is 9.73 Å². The monoisotopic (exact) mass is 275 g/mol. The molecule has 19 heavy (non-hydrogen) atoms. The lowest BCUT2D eigenvalue weighted by atomic mass is 10.2. The van der Waals surface area contributed by atoms with Gasteiger partial charge in [0, 0.05) is 11.0 Å². The summed E-state index contributed by atoms with van der Waals surface area (Å²) in [4.78, 5) is 0.422. The Bertz CT molecular complexity index is 703. The van der Waals surface area contributed by atoms with Crippen molar-refractivity contribution in [3.8, 4) is 0 Å². The van der Waals surface area contributed by atoms with E-state index in [4.69, 9.17) is 4.78 Å². The second-order valence-corrected chi connectivity index (χ2v) is 6.18. The molecule has 0 radical (unpaired) electrons. The molecule has 1 N–H and O–H groups in total. The highest BCUT2D eigenvalue weighted by molar-refractivity contribution is 7.95. The quantitative estimate of drug-likeness (QED) is 0.895. The fourth-order valence-electron chi connectivity index (χ4n) is 1.60. The van der Waals surface area contributed by atoms with Crippen LogP contribution in [-0.4, -0.2) is 4.21 Å². The molecule has 0 bridgehead atoms. The van der Waals surface area contributed by atoms with Gasteiger partial charge in [-0.1, -0.05) is 35.9 Å². The highest BCUT2D eigenvalue weighted by Gasteiger charge is 2.06. The second kappa shape index (κ2) is 5.36. The van der Waals surface area contributed by atoms with Gasteiger partial charge in [-0.2, -0.15) is 0 Å². The summed E-state index contributed by atoms with van der Waals surface area (Å²) >= 11 is 0. The largest absolute Gasteiger partial charge is 0.245 e. The molecule has 0 saturated heterocycles. The average molecular weight is 275 g/mol.